The van der Waals surface area contributed by atoms with Crippen LogP contribution in [0.3, 0.4) is 0 Å². The molecule has 3 rings (SSSR count). The van der Waals surface area contributed by atoms with Crippen molar-refractivity contribution >= 4 is 22.8 Å². The van der Waals surface area contributed by atoms with Gasteiger partial charge in [0.1, 0.15) is 19.0 Å². The van der Waals surface area contributed by atoms with Crippen molar-refractivity contribution < 1.29 is 14.3 Å². The van der Waals surface area contributed by atoms with E-state index in [1.165, 1.54) is 7.11 Å². The van der Waals surface area contributed by atoms with Crippen LogP contribution < -0.4 is 10.6 Å². The molecule has 0 bridgehead atoms. The van der Waals surface area contributed by atoms with Gasteiger partial charge in [-0.2, -0.15) is 0 Å². The Morgan fingerprint density at radius 1 is 0.966 bits per heavy atom. The Balaban J connectivity index is 1.81. The number of rotatable bonds is 8. The second-order valence-corrected chi connectivity index (χ2v) is 6.97. The number of para-hydroxylation sites is 2. The molecule has 2 amide bonds. The van der Waals surface area contributed by atoms with Crippen molar-refractivity contribution in [3.8, 4) is 0 Å². The zero-order chi connectivity index (χ0) is 20.8. The number of fused-ring (bicyclic) bond motifs is 1. The molecule has 2 atom stereocenters. The molecule has 1 heterocycles. The molecule has 3 aromatic rings. The topological polar surface area (TPSA) is 85.2 Å². The fourth-order valence-corrected chi connectivity index (χ4v) is 3.33. The van der Waals surface area contributed by atoms with E-state index < -0.39 is 0 Å². The summed E-state index contributed by atoms with van der Waals surface area (Å²) in [5.41, 5.74) is 2.66. The molecule has 0 aliphatic carbocycles. The normalized spacial score (nSPS) is 13.1. The van der Waals surface area contributed by atoms with E-state index in [0.717, 1.165) is 16.6 Å². The minimum Gasteiger partial charge on any atom is -0.375 e. The maximum atomic E-state index is 12.8. The van der Waals surface area contributed by atoms with Gasteiger partial charge in [0.05, 0.1) is 23.1 Å². The summed E-state index contributed by atoms with van der Waals surface area (Å²) in [6, 6.07) is 16.9. The van der Waals surface area contributed by atoms with Gasteiger partial charge in [-0.15, -0.1) is 0 Å². The van der Waals surface area contributed by atoms with Crippen molar-refractivity contribution in [1.82, 2.24) is 20.2 Å². The second-order valence-electron chi connectivity index (χ2n) is 6.97. The van der Waals surface area contributed by atoms with E-state index >= 15 is 0 Å². The molecular formula is C22H26N4O3. The van der Waals surface area contributed by atoms with Crippen molar-refractivity contribution in [1.29, 1.82) is 0 Å². The van der Waals surface area contributed by atoms with Gasteiger partial charge in [-0.1, -0.05) is 42.5 Å². The predicted octanol–water partition coefficient (Wildman–Crippen LogP) is 2.74. The van der Waals surface area contributed by atoms with Gasteiger partial charge in [0.2, 0.25) is 11.8 Å². The number of carbonyl (C=O) groups excluding carboxylic acids is 2. The molecule has 0 saturated heterocycles. The molecule has 29 heavy (non-hydrogen) atoms. The third kappa shape index (κ3) is 5.00. The third-order valence-electron chi connectivity index (χ3n) is 4.70. The van der Waals surface area contributed by atoms with Gasteiger partial charge in [0.15, 0.2) is 0 Å². The first-order valence-electron chi connectivity index (χ1n) is 9.57. The molecule has 2 N–H and O–H groups in total. The van der Waals surface area contributed by atoms with Crippen LogP contribution in [0.4, 0.5) is 0 Å². The van der Waals surface area contributed by atoms with E-state index in [-0.39, 0.29) is 37.0 Å². The first-order valence-corrected chi connectivity index (χ1v) is 9.57. The maximum Gasteiger partial charge on any atom is 0.246 e. The largest absolute Gasteiger partial charge is 0.375 e. The summed E-state index contributed by atoms with van der Waals surface area (Å²) in [5, 5.41) is 5.89. The summed E-state index contributed by atoms with van der Waals surface area (Å²) < 4.78 is 6.72. The van der Waals surface area contributed by atoms with Crippen molar-refractivity contribution in [3.05, 3.63) is 66.0 Å². The quantitative estimate of drug-likeness (QED) is 0.615. The molecule has 152 valence electrons. The van der Waals surface area contributed by atoms with Gasteiger partial charge in [0, 0.05) is 7.11 Å². The highest BCUT2D eigenvalue weighted by Gasteiger charge is 2.20. The molecule has 7 nitrogen and oxygen atoms in total. The van der Waals surface area contributed by atoms with Crippen LogP contribution >= 0.6 is 0 Å². The lowest BCUT2D eigenvalue weighted by Crippen LogP contribution is -2.34. The molecule has 7 heteroatoms. The van der Waals surface area contributed by atoms with E-state index in [0.29, 0.717) is 5.82 Å². The first kappa shape index (κ1) is 20.5. The SMILES string of the molecule is COCC(=O)NC(C)c1nc2ccccc2n1CC(=O)NC(C)c1ccccc1. The Hall–Kier alpha value is -3.19. The Morgan fingerprint density at radius 2 is 1.62 bits per heavy atom. The number of nitrogens with one attached hydrogen (secondary N) is 2. The van der Waals surface area contributed by atoms with Gasteiger partial charge in [-0.05, 0) is 31.5 Å². The molecule has 2 unspecified atom stereocenters. The van der Waals surface area contributed by atoms with E-state index in [2.05, 4.69) is 15.6 Å². The summed E-state index contributed by atoms with van der Waals surface area (Å²) in [6.45, 7) is 3.88. The maximum absolute atomic E-state index is 12.8. The third-order valence-corrected chi connectivity index (χ3v) is 4.70. The van der Waals surface area contributed by atoms with Crippen LogP contribution in [0.15, 0.2) is 54.6 Å². The molecule has 2 aromatic carbocycles. The Kier molecular flexibility index (Phi) is 6.61. The van der Waals surface area contributed by atoms with Crippen LogP contribution in [0.1, 0.15) is 37.3 Å². The molecule has 0 saturated carbocycles. The van der Waals surface area contributed by atoms with Crippen LogP contribution in [0.5, 0.6) is 0 Å². The molecular weight excluding hydrogens is 368 g/mol. The van der Waals surface area contributed by atoms with Crippen LogP contribution in [0.25, 0.3) is 11.0 Å². The highest BCUT2D eigenvalue weighted by atomic mass is 16.5. The Bertz CT molecular complexity index is 984. The number of methoxy groups -OCH3 is 1. The first-order chi connectivity index (χ1) is 14.0. The predicted molar refractivity (Wildman–Crippen MR) is 111 cm³/mol. The fraction of sp³-hybridized carbons (Fsp3) is 0.318. The van der Waals surface area contributed by atoms with E-state index in [9.17, 15) is 9.59 Å². The zero-order valence-electron chi connectivity index (χ0n) is 16.9. The van der Waals surface area contributed by atoms with Crippen LogP contribution in [-0.2, 0) is 20.9 Å². The lowest BCUT2D eigenvalue weighted by molar-refractivity contribution is -0.125. The van der Waals surface area contributed by atoms with Crippen LogP contribution in [0.2, 0.25) is 0 Å². The number of ether oxygens (including phenoxy) is 1. The molecule has 0 radical (unpaired) electrons. The van der Waals surface area contributed by atoms with Crippen LogP contribution in [-0.4, -0.2) is 35.1 Å². The number of imidazole rings is 1. The summed E-state index contributed by atoms with van der Waals surface area (Å²) in [5.74, 6) is 0.264. The number of hydrogen-bond donors (Lipinski definition) is 2. The highest BCUT2D eigenvalue weighted by Crippen LogP contribution is 2.21. The minimum absolute atomic E-state index is 0.0281. The summed E-state index contributed by atoms with van der Waals surface area (Å²) in [7, 11) is 1.47. The number of nitrogens with zero attached hydrogens (tertiary/aromatic N) is 2. The van der Waals surface area contributed by atoms with E-state index in [1.807, 2.05) is 73.0 Å². The lowest BCUT2D eigenvalue weighted by Gasteiger charge is -2.18. The molecule has 0 aliphatic rings. The lowest BCUT2D eigenvalue weighted by atomic mass is 10.1. The van der Waals surface area contributed by atoms with Gasteiger partial charge < -0.3 is 19.9 Å². The van der Waals surface area contributed by atoms with Gasteiger partial charge >= 0.3 is 0 Å². The number of carbonyl (C=O) groups is 2. The fourth-order valence-electron chi connectivity index (χ4n) is 3.33. The van der Waals surface area contributed by atoms with Gasteiger partial charge in [-0.3, -0.25) is 9.59 Å². The Labute approximate surface area is 170 Å². The summed E-state index contributed by atoms with van der Waals surface area (Å²) in [6.07, 6.45) is 0. The summed E-state index contributed by atoms with van der Waals surface area (Å²) in [4.78, 5) is 29.3. The molecule has 1 aromatic heterocycles. The van der Waals surface area contributed by atoms with E-state index in [1.54, 1.807) is 0 Å². The van der Waals surface area contributed by atoms with Crippen molar-refractivity contribution in [3.63, 3.8) is 0 Å². The molecule has 0 spiro atoms. The Morgan fingerprint density at radius 3 is 2.34 bits per heavy atom. The monoisotopic (exact) mass is 394 g/mol. The smallest absolute Gasteiger partial charge is 0.246 e. The van der Waals surface area contributed by atoms with Crippen molar-refractivity contribution in [2.24, 2.45) is 0 Å². The molecule has 0 aliphatic heterocycles. The van der Waals surface area contributed by atoms with Crippen molar-refractivity contribution in [2.75, 3.05) is 13.7 Å². The average Bonchev–Trinajstić information content (AvgIpc) is 3.07. The number of aromatic nitrogens is 2. The standard InChI is InChI=1S/C22H26N4O3/c1-15(17-9-5-4-6-10-17)23-20(27)13-26-19-12-8-7-11-18(19)25-22(26)16(2)24-21(28)14-29-3/h4-12,15-16H,13-14H2,1-3H3,(H,23,27)(H,24,28). The highest BCUT2D eigenvalue weighted by molar-refractivity contribution is 5.82. The average molecular weight is 394 g/mol. The van der Waals surface area contributed by atoms with Crippen molar-refractivity contribution in [2.45, 2.75) is 32.5 Å². The van der Waals surface area contributed by atoms with Gasteiger partial charge in [0.25, 0.3) is 0 Å². The number of amides is 2. The second kappa shape index (κ2) is 9.34. The molecule has 0 fully saturated rings. The minimum atomic E-state index is -0.371. The zero-order valence-corrected chi connectivity index (χ0v) is 16.9. The van der Waals surface area contributed by atoms with Gasteiger partial charge in [-0.25, -0.2) is 4.98 Å². The van der Waals surface area contributed by atoms with Crippen LogP contribution in [0, 0.1) is 0 Å². The van der Waals surface area contributed by atoms with E-state index in [4.69, 9.17) is 4.74 Å². The summed E-state index contributed by atoms with van der Waals surface area (Å²) >= 11 is 0. The number of benzene rings is 2. The number of hydrogen-bond acceptors (Lipinski definition) is 4.